The van der Waals surface area contributed by atoms with E-state index in [4.69, 9.17) is 4.99 Å². The number of halogens is 1. The van der Waals surface area contributed by atoms with Gasteiger partial charge < -0.3 is 16.0 Å². The quantitative estimate of drug-likeness (QED) is 0.182. The fraction of sp³-hybridized carbons (Fsp3) is 0.429. The Morgan fingerprint density at radius 1 is 1.20 bits per heavy atom. The van der Waals surface area contributed by atoms with Gasteiger partial charge >= 0.3 is 0 Å². The first-order valence-corrected chi connectivity index (χ1v) is 10.0. The molecule has 0 fully saturated rings. The molecule has 0 aliphatic heterocycles. The van der Waals surface area contributed by atoms with Gasteiger partial charge in [-0.1, -0.05) is 36.8 Å². The van der Waals surface area contributed by atoms with Crippen molar-refractivity contribution < 1.29 is 0 Å². The summed E-state index contributed by atoms with van der Waals surface area (Å²) in [5.41, 5.74) is 3.41. The number of benzene rings is 1. The van der Waals surface area contributed by atoms with Gasteiger partial charge in [0.15, 0.2) is 11.6 Å². The first-order valence-electron chi connectivity index (χ1n) is 10.0. The molecule has 0 aliphatic rings. The molecule has 1 aromatic carbocycles. The Labute approximate surface area is 195 Å². The Hall–Kier alpha value is -2.43. The lowest BCUT2D eigenvalue weighted by atomic mass is 10.00. The van der Waals surface area contributed by atoms with Crippen LogP contribution < -0.4 is 16.0 Å². The van der Waals surface area contributed by atoms with Crippen molar-refractivity contribution in [1.29, 1.82) is 0 Å². The van der Waals surface area contributed by atoms with Gasteiger partial charge in [0.25, 0.3) is 0 Å². The third-order valence-corrected chi connectivity index (χ3v) is 4.72. The van der Waals surface area contributed by atoms with Crippen LogP contribution >= 0.6 is 24.0 Å². The van der Waals surface area contributed by atoms with Gasteiger partial charge in [-0.2, -0.15) is 5.10 Å². The lowest BCUT2D eigenvalue weighted by molar-refractivity contribution is 0.749. The third-order valence-electron chi connectivity index (χ3n) is 4.72. The maximum absolute atomic E-state index is 4.74. The molecule has 162 valence electrons. The van der Waals surface area contributed by atoms with E-state index in [1.165, 1.54) is 11.1 Å². The molecular weight excluding hydrogens is 491 g/mol. The number of aromatic nitrogens is 4. The van der Waals surface area contributed by atoms with Gasteiger partial charge in [0.2, 0.25) is 0 Å². The second kappa shape index (κ2) is 11.7. The van der Waals surface area contributed by atoms with Crippen molar-refractivity contribution in [1.82, 2.24) is 30.4 Å². The monoisotopic (exact) mass is 522 g/mol. The molecule has 8 nitrogen and oxygen atoms in total. The lowest BCUT2D eigenvalue weighted by Crippen LogP contribution is -2.39. The van der Waals surface area contributed by atoms with E-state index in [0.29, 0.717) is 12.5 Å². The maximum atomic E-state index is 4.74. The molecule has 1 atom stereocenters. The summed E-state index contributed by atoms with van der Waals surface area (Å²) in [5.74, 6) is 1.98. The number of aliphatic imine (C=N–C) groups is 1. The zero-order valence-electron chi connectivity index (χ0n) is 18.0. The van der Waals surface area contributed by atoms with Gasteiger partial charge in [-0.25, -0.2) is 9.97 Å². The van der Waals surface area contributed by atoms with Crippen molar-refractivity contribution in [2.45, 2.75) is 26.7 Å². The summed E-state index contributed by atoms with van der Waals surface area (Å²) >= 11 is 0. The molecule has 30 heavy (non-hydrogen) atoms. The van der Waals surface area contributed by atoms with E-state index < -0.39 is 0 Å². The zero-order valence-corrected chi connectivity index (χ0v) is 20.3. The van der Waals surface area contributed by atoms with E-state index >= 15 is 0 Å². The van der Waals surface area contributed by atoms with Crippen LogP contribution in [0.25, 0.3) is 11.0 Å². The van der Waals surface area contributed by atoms with Crippen LogP contribution in [0.3, 0.4) is 0 Å². The Morgan fingerprint density at radius 3 is 2.80 bits per heavy atom. The van der Waals surface area contributed by atoms with Gasteiger partial charge in [-0.05, 0) is 19.4 Å². The van der Waals surface area contributed by atoms with Crippen LogP contribution in [0.5, 0.6) is 0 Å². The lowest BCUT2D eigenvalue weighted by Gasteiger charge is -2.14. The summed E-state index contributed by atoms with van der Waals surface area (Å²) in [6, 6.07) is 8.62. The van der Waals surface area contributed by atoms with Gasteiger partial charge in [-0.3, -0.25) is 9.67 Å². The summed E-state index contributed by atoms with van der Waals surface area (Å²) in [6.45, 7) is 9.37. The molecule has 0 amide bonds. The number of hydrogen-bond acceptors (Lipinski definition) is 5. The maximum Gasteiger partial charge on any atom is 0.191 e. The van der Waals surface area contributed by atoms with Crippen LogP contribution in [0.2, 0.25) is 0 Å². The van der Waals surface area contributed by atoms with Crippen molar-refractivity contribution in [2.75, 3.05) is 31.5 Å². The molecule has 2 heterocycles. The predicted molar refractivity (Wildman–Crippen MR) is 134 cm³/mol. The van der Waals surface area contributed by atoms with E-state index in [1.807, 2.05) is 7.05 Å². The number of hydrogen-bond donors (Lipinski definition) is 3. The number of nitrogens with zero attached hydrogens (tertiary/aromatic N) is 5. The molecular formula is C21H31IN8. The van der Waals surface area contributed by atoms with Gasteiger partial charge in [0, 0.05) is 39.1 Å². The van der Waals surface area contributed by atoms with Crippen LogP contribution in [0, 0.1) is 6.92 Å². The van der Waals surface area contributed by atoms with Gasteiger partial charge in [0.1, 0.15) is 12.1 Å². The summed E-state index contributed by atoms with van der Waals surface area (Å²) in [6.07, 6.45) is 3.33. The van der Waals surface area contributed by atoms with Crippen molar-refractivity contribution in [3.8, 4) is 0 Å². The second-order valence-corrected chi connectivity index (χ2v) is 7.12. The summed E-state index contributed by atoms with van der Waals surface area (Å²) < 4.78 is 1.74. The number of aryl methyl sites for hydroxylation is 2. The smallest absolute Gasteiger partial charge is 0.191 e. The van der Waals surface area contributed by atoms with Crippen molar-refractivity contribution in [3.05, 3.63) is 47.9 Å². The minimum absolute atomic E-state index is 0. The molecule has 0 bridgehead atoms. The van der Waals surface area contributed by atoms with Crippen LogP contribution in [-0.4, -0.2) is 51.9 Å². The Bertz CT molecular complexity index is 969. The highest BCUT2D eigenvalue weighted by Gasteiger charge is 2.08. The number of rotatable bonds is 8. The normalized spacial score (nSPS) is 12.3. The van der Waals surface area contributed by atoms with Crippen LogP contribution in [-0.2, 0) is 7.05 Å². The SMILES string of the molecule is CCNC(=NCC(C)c1cccc(C)c1)NCCNc1ncnc2c1cnn2C.I. The summed E-state index contributed by atoms with van der Waals surface area (Å²) in [7, 11) is 1.87. The van der Waals surface area contributed by atoms with Crippen LogP contribution in [0.15, 0.2) is 41.8 Å². The van der Waals surface area contributed by atoms with Crippen molar-refractivity contribution >= 4 is 46.8 Å². The topological polar surface area (TPSA) is 92.1 Å². The minimum Gasteiger partial charge on any atom is -0.368 e. The number of anilines is 1. The summed E-state index contributed by atoms with van der Waals surface area (Å²) in [5, 5.41) is 15.2. The Morgan fingerprint density at radius 2 is 2.03 bits per heavy atom. The molecule has 0 saturated heterocycles. The van der Waals surface area contributed by atoms with Crippen LogP contribution in [0.4, 0.5) is 5.82 Å². The largest absolute Gasteiger partial charge is 0.368 e. The molecule has 9 heteroatoms. The van der Waals surface area contributed by atoms with E-state index in [2.05, 4.69) is 76.1 Å². The molecule has 0 spiro atoms. The predicted octanol–water partition coefficient (Wildman–Crippen LogP) is 3.06. The first kappa shape index (κ1) is 23.8. The third kappa shape index (κ3) is 6.28. The Kier molecular flexibility index (Phi) is 9.28. The van der Waals surface area contributed by atoms with Gasteiger partial charge in [-0.15, -0.1) is 24.0 Å². The van der Waals surface area contributed by atoms with Gasteiger partial charge in [0.05, 0.1) is 11.6 Å². The average Bonchev–Trinajstić information content (AvgIpc) is 3.10. The van der Waals surface area contributed by atoms with Crippen LogP contribution in [0.1, 0.15) is 30.9 Å². The molecule has 1 unspecified atom stereocenters. The highest BCUT2D eigenvalue weighted by molar-refractivity contribution is 14.0. The van der Waals surface area contributed by atoms with Crippen molar-refractivity contribution in [2.24, 2.45) is 12.0 Å². The number of guanidine groups is 1. The molecule has 0 saturated carbocycles. The molecule has 0 radical (unpaired) electrons. The first-order chi connectivity index (χ1) is 14.1. The molecule has 3 aromatic rings. The number of fused-ring (bicyclic) bond motifs is 1. The molecule has 3 N–H and O–H groups in total. The average molecular weight is 522 g/mol. The summed E-state index contributed by atoms with van der Waals surface area (Å²) in [4.78, 5) is 13.3. The van der Waals surface area contributed by atoms with E-state index in [9.17, 15) is 0 Å². The highest BCUT2D eigenvalue weighted by atomic mass is 127. The second-order valence-electron chi connectivity index (χ2n) is 7.12. The Balaban J connectivity index is 0.00000320. The van der Waals surface area contributed by atoms with E-state index in [-0.39, 0.29) is 24.0 Å². The zero-order chi connectivity index (χ0) is 20.6. The molecule has 2 aromatic heterocycles. The van der Waals surface area contributed by atoms with Crippen molar-refractivity contribution in [3.63, 3.8) is 0 Å². The van der Waals surface area contributed by atoms with E-state index in [1.54, 1.807) is 17.2 Å². The standard InChI is InChI=1S/C21H30N8.HI/c1-5-22-21(25-12-16(3)17-8-6-7-15(2)11-17)24-10-9-23-19-18-13-28-29(4)20(18)27-14-26-19;/h6-8,11,13-14,16H,5,9-10,12H2,1-4H3,(H2,22,24,25)(H,23,26,27);1H. The fourth-order valence-corrected chi connectivity index (χ4v) is 3.12. The fourth-order valence-electron chi connectivity index (χ4n) is 3.12. The molecule has 0 aliphatic carbocycles. The minimum atomic E-state index is 0. The number of nitrogens with one attached hydrogen (secondary N) is 3. The molecule has 3 rings (SSSR count). The van der Waals surface area contributed by atoms with E-state index in [0.717, 1.165) is 42.4 Å². The highest BCUT2D eigenvalue weighted by Crippen LogP contribution is 2.17.